The van der Waals surface area contributed by atoms with Crippen LogP contribution in [0, 0.1) is 5.92 Å². The van der Waals surface area contributed by atoms with Gasteiger partial charge in [-0.25, -0.2) is 0 Å². The largest absolute Gasteiger partial charge is 0.348 e. The number of rotatable bonds is 7. The van der Waals surface area contributed by atoms with Crippen LogP contribution in [-0.2, 0) is 6.42 Å². The van der Waals surface area contributed by atoms with Crippen molar-refractivity contribution >= 4 is 28.2 Å². The number of benzene rings is 1. The van der Waals surface area contributed by atoms with Gasteiger partial charge in [0.2, 0.25) is 0 Å². The van der Waals surface area contributed by atoms with E-state index in [0.717, 1.165) is 19.3 Å². The van der Waals surface area contributed by atoms with E-state index in [1.807, 2.05) is 12.1 Å². The van der Waals surface area contributed by atoms with Crippen LogP contribution in [0.5, 0.6) is 0 Å². The van der Waals surface area contributed by atoms with E-state index in [9.17, 15) is 9.59 Å². The second-order valence-corrected chi connectivity index (χ2v) is 7.24. The van der Waals surface area contributed by atoms with Gasteiger partial charge in [0, 0.05) is 18.2 Å². The fourth-order valence-corrected chi connectivity index (χ4v) is 3.55. The maximum absolute atomic E-state index is 12.5. The summed E-state index contributed by atoms with van der Waals surface area (Å²) < 4.78 is 0. The lowest BCUT2D eigenvalue weighted by Crippen LogP contribution is -2.41. The van der Waals surface area contributed by atoms with Crippen LogP contribution in [0.25, 0.3) is 0 Å². The van der Waals surface area contributed by atoms with E-state index in [1.165, 1.54) is 16.9 Å². The molecule has 0 aliphatic heterocycles. The first kappa shape index (κ1) is 17.6. The summed E-state index contributed by atoms with van der Waals surface area (Å²) in [4.78, 5) is 24.9. The highest BCUT2D eigenvalue weighted by Gasteiger charge is 2.32. The minimum absolute atomic E-state index is 0.0116. The molecular formula is C19H23N3O2S. The highest BCUT2D eigenvalue weighted by atomic mass is 32.1. The Hall–Kier alpha value is -2.18. The Labute approximate surface area is 151 Å². The summed E-state index contributed by atoms with van der Waals surface area (Å²) in [6, 6.07) is 9.24. The number of aryl methyl sites for hydroxylation is 1. The smallest absolute Gasteiger partial charge is 0.256 e. The van der Waals surface area contributed by atoms with Gasteiger partial charge in [-0.1, -0.05) is 19.1 Å². The van der Waals surface area contributed by atoms with Crippen molar-refractivity contribution in [2.45, 2.75) is 32.2 Å². The highest BCUT2D eigenvalue weighted by molar-refractivity contribution is 7.14. The van der Waals surface area contributed by atoms with Crippen LogP contribution in [0.3, 0.4) is 0 Å². The van der Waals surface area contributed by atoms with Crippen LogP contribution in [0.15, 0.2) is 35.7 Å². The first-order chi connectivity index (χ1) is 12.1. The average molecular weight is 357 g/mol. The van der Waals surface area contributed by atoms with Gasteiger partial charge >= 0.3 is 0 Å². The van der Waals surface area contributed by atoms with Crippen molar-refractivity contribution in [2.75, 3.05) is 11.9 Å². The lowest BCUT2D eigenvalue weighted by molar-refractivity contribution is 0.0935. The molecule has 2 aromatic rings. The number of nitrogens with one attached hydrogen (secondary N) is 2. The normalized spacial score (nSPS) is 14.8. The minimum Gasteiger partial charge on any atom is -0.348 e. The zero-order valence-electron chi connectivity index (χ0n) is 14.2. The molecule has 1 heterocycles. The Kier molecular flexibility index (Phi) is 5.50. The Morgan fingerprint density at radius 2 is 1.92 bits per heavy atom. The molecule has 1 saturated carbocycles. The molecule has 1 aromatic heterocycles. The quantitative estimate of drug-likeness (QED) is 0.712. The Morgan fingerprint density at radius 3 is 2.52 bits per heavy atom. The molecule has 1 unspecified atom stereocenters. The number of thiophene rings is 1. The van der Waals surface area contributed by atoms with Gasteiger partial charge in [0.1, 0.15) is 5.00 Å². The van der Waals surface area contributed by atoms with E-state index in [2.05, 4.69) is 17.6 Å². The third-order valence-corrected chi connectivity index (χ3v) is 5.35. The monoisotopic (exact) mass is 357 g/mol. The number of nitrogens with two attached hydrogens (primary N) is 1. The molecule has 0 bridgehead atoms. The van der Waals surface area contributed by atoms with Crippen molar-refractivity contribution in [3.05, 3.63) is 52.4 Å². The molecule has 0 saturated heterocycles. The van der Waals surface area contributed by atoms with Gasteiger partial charge in [-0.15, -0.1) is 11.3 Å². The van der Waals surface area contributed by atoms with E-state index >= 15 is 0 Å². The Morgan fingerprint density at radius 1 is 1.20 bits per heavy atom. The highest BCUT2D eigenvalue weighted by Crippen LogP contribution is 2.32. The molecule has 4 N–H and O–H groups in total. The summed E-state index contributed by atoms with van der Waals surface area (Å²) in [6.45, 7) is 2.51. The molecule has 1 fully saturated rings. The Bertz CT molecular complexity index is 750. The van der Waals surface area contributed by atoms with Crippen molar-refractivity contribution < 1.29 is 9.59 Å². The number of hydrogen-bond donors (Lipinski definition) is 3. The summed E-state index contributed by atoms with van der Waals surface area (Å²) in [5, 5.41) is 8.21. The van der Waals surface area contributed by atoms with Gasteiger partial charge in [-0.2, -0.15) is 0 Å². The van der Waals surface area contributed by atoms with Crippen molar-refractivity contribution in [1.82, 2.24) is 5.32 Å². The van der Waals surface area contributed by atoms with Gasteiger partial charge in [0.25, 0.3) is 11.8 Å². The molecule has 1 aliphatic carbocycles. The first-order valence-electron chi connectivity index (χ1n) is 8.61. The fourth-order valence-electron chi connectivity index (χ4n) is 2.77. The standard InChI is InChI=1S/C19H23N3O2S/c1-2-12-3-5-14(6-4-12)17(23)22-19-15(9-10-25-19)18(24)21-16(11-20)13-7-8-13/h3-6,9-10,13,16H,2,7-8,11,20H2,1H3,(H,21,24)(H,22,23). The maximum Gasteiger partial charge on any atom is 0.256 e. The summed E-state index contributed by atoms with van der Waals surface area (Å²) in [5.74, 6) is 0.0969. The number of amides is 2. The number of hydrogen-bond acceptors (Lipinski definition) is 4. The lowest BCUT2D eigenvalue weighted by Gasteiger charge is -2.16. The zero-order valence-corrected chi connectivity index (χ0v) is 15.1. The van der Waals surface area contributed by atoms with Crippen molar-refractivity contribution in [2.24, 2.45) is 11.7 Å². The van der Waals surface area contributed by atoms with E-state index in [1.54, 1.807) is 23.6 Å². The van der Waals surface area contributed by atoms with Gasteiger partial charge < -0.3 is 16.4 Å². The molecule has 3 rings (SSSR count). The summed E-state index contributed by atoms with van der Waals surface area (Å²) >= 11 is 1.34. The van der Waals surface area contributed by atoms with E-state index < -0.39 is 0 Å². The van der Waals surface area contributed by atoms with Crippen LogP contribution < -0.4 is 16.4 Å². The summed E-state index contributed by atoms with van der Waals surface area (Å²) in [6.07, 6.45) is 3.16. The SMILES string of the molecule is CCc1ccc(C(=O)Nc2sccc2C(=O)NC(CN)C2CC2)cc1. The van der Waals surface area contributed by atoms with Crippen LogP contribution in [-0.4, -0.2) is 24.4 Å². The maximum atomic E-state index is 12.5. The number of carbonyl (C=O) groups excluding carboxylic acids is 2. The second kappa shape index (κ2) is 7.80. The fraction of sp³-hybridized carbons (Fsp3) is 0.368. The van der Waals surface area contributed by atoms with Crippen LogP contribution in [0.2, 0.25) is 0 Å². The van der Waals surface area contributed by atoms with E-state index in [0.29, 0.717) is 28.6 Å². The van der Waals surface area contributed by atoms with Crippen molar-refractivity contribution in [1.29, 1.82) is 0 Å². The second-order valence-electron chi connectivity index (χ2n) is 6.32. The molecule has 1 aliphatic rings. The lowest BCUT2D eigenvalue weighted by atomic mass is 10.1. The van der Waals surface area contributed by atoms with Gasteiger partial charge in [0.05, 0.1) is 5.56 Å². The van der Waals surface area contributed by atoms with Crippen LogP contribution in [0.4, 0.5) is 5.00 Å². The van der Waals surface area contributed by atoms with Gasteiger partial charge in [-0.05, 0) is 54.3 Å². The van der Waals surface area contributed by atoms with Crippen LogP contribution in [0.1, 0.15) is 46.0 Å². The molecule has 6 heteroatoms. The predicted octanol–water partition coefficient (Wildman–Crippen LogP) is 3.03. The summed E-state index contributed by atoms with van der Waals surface area (Å²) in [5.41, 5.74) is 8.00. The zero-order chi connectivity index (χ0) is 17.8. The third kappa shape index (κ3) is 4.27. The molecule has 5 nitrogen and oxygen atoms in total. The molecule has 2 amide bonds. The predicted molar refractivity (Wildman–Crippen MR) is 101 cm³/mol. The number of carbonyl (C=O) groups is 2. The first-order valence-corrected chi connectivity index (χ1v) is 9.49. The third-order valence-electron chi connectivity index (χ3n) is 4.52. The topological polar surface area (TPSA) is 84.2 Å². The van der Waals surface area contributed by atoms with E-state index in [4.69, 9.17) is 5.73 Å². The summed E-state index contributed by atoms with van der Waals surface area (Å²) in [7, 11) is 0. The number of anilines is 1. The molecule has 25 heavy (non-hydrogen) atoms. The minimum atomic E-state index is -0.211. The van der Waals surface area contributed by atoms with Gasteiger partial charge in [0.15, 0.2) is 0 Å². The molecular weight excluding hydrogens is 334 g/mol. The molecule has 132 valence electrons. The molecule has 1 atom stereocenters. The molecule has 0 spiro atoms. The van der Waals surface area contributed by atoms with E-state index in [-0.39, 0.29) is 17.9 Å². The van der Waals surface area contributed by atoms with Crippen molar-refractivity contribution in [3.63, 3.8) is 0 Å². The van der Waals surface area contributed by atoms with Gasteiger partial charge in [-0.3, -0.25) is 9.59 Å². The van der Waals surface area contributed by atoms with Crippen LogP contribution >= 0.6 is 11.3 Å². The Balaban J connectivity index is 1.67. The average Bonchev–Trinajstić information content (AvgIpc) is 3.38. The molecule has 0 radical (unpaired) electrons. The molecule has 1 aromatic carbocycles. The van der Waals surface area contributed by atoms with Crippen molar-refractivity contribution in [3.8, 4) is 0 Å².